The number of ether oxygens (including phenoxy) is 3. The number of esters is 3. The molecule has 0 aliphatic heterocycles. The molecule has 1 atom stereocenters. The zero-order valence-corrected chi connectivity index (χ0v) is 41.1. The molecule has 360 valence electrons. The summed E-state index contributed by atoms with van der Waals surface area (Å²) in [5, 5.41) is 0. The topological polar surface area (TPSA) is 78.9 Å². The molecule has 0 aliphatic carbocycles. The number of hydrogen-bond donors (Lipinski definition) is 0. The van der Waals surface area contributed by atoms with Crippen LogP contribution in [0.1, 0.15) is 271 Å². The van der Waals surface area contributed by atoms with Crippen LogP contribution < -0.4 is 0 Å². The van der Waals surface area contributed by atoms with E-state index in [4.69, 9.17) is 14.2 Å². The van der Waals surface area contributed by atoms with Crippen LogP contribution in [0.3, 0.4) is 0 Å². The van der Waals surface area contributed by atoms with Gasteiger partial charge in [-0.3, -0.25) is 14.4 Å². The summed E-state index contributed by atoms with van der Waals surface area (Å²) in [6.07, 6.45) is 61.0. The van der Waals surface area contributed by atoms with Crippen molar-refractivity contribution in [3.05, 3.63) is 48.6 Å². The van der Waals surface area contributed by atoms with Crippen molar-refractivity contribution in [2.45, 2.75) is 277 Å². The van der Waals surface area contributed by atoms with Crippen molar-refractivity contribution in [3.63, 3.8) is 0 Å². The third kappa shape index (κ3) is 48.4. The van der Waals surface area contributed by atoms with Crippen molar-refractivity contribution in [2.75, 3.05) is 13.2 Å². The zero-order valence-electron chi connectivity index (χ0n) is 41.1. The first kappa shape index (κ1) is 59.4. The number of carbonyl (C=O) groups is 3. The molecule has 62 heavy (non-hydrogen) atoms. The summed E-state index contributed by atoms with van der Waals surface area (Å²) in [5.74, 6) is -0.913. The maximum Gasteiger partial charge on any atom is 0.306 e. The van der Waals surface area contributed by atoms with Crippen LogP contribution in [0.25, 0.3) is 0 Å². The van der Waals surface area contributed by atoms with Crippen LogP contribution in [-0.4, -0.2) is 37.2 Å². The summed E-state index contributed by atoms with van der Waals surface area (Å²) >= 11 is 0. The molecule has 6 heteroatoms. The van der Waals surface area contributed by atoms with Gasteiger partial charge in [-0.25, -0.2) is 0 Å². The van der Waals surface area contributed by atoms with Gasteiger partial charge in [0.05, 0.1) is 0 Å². The molecule has 1 unspecified atom stereocenters. The third-order valence-electron chi connectivity index (χ3n) is 11.6. The Morgan fingerprint density at radius 1 is 0.339 bits per heavy atom. The first-order valence-electron chi connectivity index (χ1n) is 26.6. The highest BCUT2D eigenvalue weighted by Crippen LogP contribution is 2.16. The minimum atomic E-state index is -0.786. The molecule has 0 aliphatic rings. The largest absolute Gasteiger partial charge is 0.462 e. The first-order valence-corrected chi connectivity index (χ1v) is 26.6. The molecular weight excluding hydrogens is 769 g/mol. The number of hydrogen-bond acceptors (Lipinski definition) is 6. The first-order chi connectivity index (χ1) is 30.5. The normalized spacial score (nSPS) is 12.4. The van der Waals surface area contributed by atoms with E-state index in [-0.39, 0.29) is 31.1 Å². The summed E-state index contributed by atoms with van der Waals surface area (Å²) in [5.41, 5.74) is 0. The van der Waals surface area contributed by atoms with Crippen molar-refractivity contribution < 1.29 is 28.6 Å². The van der Waals surface area contributed by atoms with Crippen LogP contribution in [0.15, 0.2) is 48.6 Å². The molecule has 0 spiro atoms. The average Bonchev–Trinajstić information content (AvgIpc) is 3.27. The predicted octanol–water partition coefficient (Wildman–Crippen LogP) is 17.5. The lowest BCUT2D eigenvalue weighted by Crippen LogP contribution is -2.30. The highest BCUT2D eigenvalue weighted by Gasteiger charge is 2.19. The molecule has 6 nitrogen and oxygen atoms in total. The van der Waals surface area contributed by atoms with Crippen LogP contribution in [0.5, 0.6) is 0 Å². The van der Waals surface area contributed by atoms with Crippen molar-refractivity contribution in [1.82, 2.24) is 0 Å². The Morgan fingerprint density at radius 2 is 0.629 bits per heavy atom. The second kappa shape index (κ2) is 51.0. The molecular formula is C56H100O6. The SMILES string of the molecule is CC/C=C\C/C=C\C/C=C\CCCCCC(=O)OCC(COC(=O)CCCCCCCCCCCCCCCCCC)OC(=O)CCCCCCC/C=C\CCCCCCCC. The Balaban J connectivity index is 4.39. The fourth-order valence-corrected chi connectivity index (χ4v) is 7.57. The summed E-state index contributed by atoms with van der Waals surface area (Å²) in [7, 11) is 0. The molecule has 0 rings (SSSR count). The average molecular weight is 869 g/mol. The van der Waals surface area contributed by atoms with Crippen LogP contribution >= 0.6 is 0 Å². The highest BCUT2D eigenvalue weighted by atomic mass is 16.6. The van der Waals surface area contributed by atoms with Crippen molar-refractivity contribution in [2.24, 2.45) is 0 Å². The summed E-state index contributed by atoms with van der Waals surface area (Å²) in [6, 6.07) is 0. The van der Waals surface area contributed by atoms with Gasteiger partial charge < -0.3 is 14.2 Å². The zero-order chi connectivity index (χ0) is 45.1. The summed E-state index contributed by atoms with van der Waals surface area (Å²) in [6.45, 7) is 6.51. The number of unbranched alkanes of at least 4 members (excludes halogenated alkanes) is 29. The van der Waals surface area contributed by atoms with Gasteiger partial charge in [-0.2, -0.15) is 0 Å². The van der Waals surface area contributed by atoms with Crippen LogP contribution in [0.2, 0.25) is 0 Å². The van der Waals surface area contributed by atoms with Gasteiger partial charge in [-0.15, -0.1) is 0 Å². The minimum Gasteiger partial charge on any atom is -0.462 e. The van der Waals surface area contributed by atoms with Gasteiger partial charge in [0.15, 0.2) is 6.10 Å². The van der Waals surface area contributed by atoms with E-state index in [0.29, 0.717) is 19.3 Å². The van der Waals surface area contributed by atoms with Crippen molar-refractivity contribution in [1.29, 1.82) is 0 Å². The Kier molecular flexibility index (Phi) is 48.8. The standard InChI is InChI=1S/C56H100O6/c1-4-7-10-13-16-19-22-25-27-29-31-34-37-40-43-46-49-55(58)61-52-53(51-60-54(57)48-45-42-39-36-33-30-24-21-18-15-12-9-6-3)62-56(59)50-47-44-41-38-35-32-28-26-23-20-17-14-11-8-5-2/h9,12,18,21,26,28,30,33,53H,4-8,10-11,13-17,19-20,22-25,27,29,31-32,34-52H2,1-3H3/b12-9-,21-18-,28-26-,33-30-. The Labute approximate surface area is 384 Å². The van der Waals surface area contributed by atoms with E-state index in [1.165, 1.54) is 135 Å². The minimum absolute atomic E-state index is 0.0833. The lowest BCUT2D eigenvalue weighted by atomic mass is 10.0. The van der Waals surface area contributed by atoms with Crippen LogP contribution in [-0.2, 0) is 28.6 Å². The second-order valence-corrected chi connectivity index (χ2v) is 17.8. The lowest BCUT2D eigenvalue weighted by molar-refractivity contribution is -0.167. The number of rotatable bonds is 48. The molecule has 0 heterocycles. The van der Waals surface area contributed by atoms with Gasteiger partial charge in [-0.1, -0.05) is 223 Å². The van der Waals surface area contributed by atoms with E-state index in [1.807, 2.05) is 0 Å². The van der Waals surface area contributed by atoms with Gasteiger partial charge in [0.25, 0.3) is 0 Å². The predicted molar refractivity (Wildman–Crippen MR) is 265 cm³/mol. The lowest BCUT2D eigenvalue weighted by Gasteiger charge is -2.18. The number of allylic oxidation sites excluding steroid dienone is 8. The second-order valence-electron chi connectivity index (χ2n) is 17.8. The fraction of sp³-hybridized carbons (Fsp3) is 0.804. The molecule has 0 bridgehead atoms. The quantitative estimate of drug-likeness (QED) is 0.0262. The summed E-state index contributed by atoms with van der Waals surface area (Å²) in [4.78, 5) is 38.0. The molecule has 0 radical (unpaired) electrons. The highest BCUT2D eigenvalue weighted by molar-refractivity contribution is 5.71. The van der Waals surface area contributed by atoms with E-state index in [9.17, 15) is 14.4 Å². The Hall–Kier alpha value is -2.63. The van der Waals surface area contributed by atoms with Gasteiger partial charge in [0, 0.05) is 19.3 Å². The molecule has 0 aromatic heterocycles. The summed E-state index contributed by atoms with van der Waals surface area (Å²) < 4.78 is 16.8. The van der Waals surface area contributed by atoms with Crippen LogP contribution in [0, 0.1) is 0 Å². The maximum absolute atomic E-state index is 12.8. The van der Waals surface area contributed by atoms with Crippen LogP contribution in [0.4, 0.5) is 0 Å². The van der Waals surface area contributed by atoms with Crippen molar-refractivity contribution in [3.8, 4) is 0 Å². The van der Waals surface area contributed by atoms with Crippen molar-refractivity contribution >= 4 is 17.9 Å². The molecule has 0 fully saturated rings. The molecule has 0 amide bonds. The monoisotopic (exact) mass is 869 g/mol. The number of carbonyl (C=O) groups excluding carboxylic acids is 3. The molecule has 0 aromatic rings. The van der Waals surface area contributed by atoms with E-state index in [1.54, 1.807) is 0 Å². The Bertz CT molecular complexity index is 1090. The molecule has 0 saturated carbocycles. The Morgan fingerprint density at radius 3 is 1.02 bits per heavy atom. The van der Waals surface area contributed by atoms with E-state index in [0.717, 1.165) is 96.3 Å². The van der Waals surface area contributed by atoms with Gasteiger partial charge in [0.2, 0.25) is 0 Å². The van der Waals surface area contributed by atoms with E-state index in [2.05, 4.69) is 69.4 Å². The van der Waals surface area contributed by atoms with Gasteiger partial charge in [0.1, 0.15) is 13.2 Å². The third-order valence-corrected chi connectivity index (χ3v) is 11.6. The maximum atomic E-state index is 12.8. The van der Waals surface area contributed by atoms with Gasteiger partial charge in [-0.05, 0) is 77.0 Å². The molecule has 0 N–H and O–H groups in total. The van der Waals surface area contributed by atoms with E-state index >= 15 is 0 Å². The van der Waals surface area contributed by atoms with E-state index < -0.39 is 6.10 Å². The molecule has 0 saturated heterocycles. The molecule has 0 aromatic carbocycles. The van der Waals surface area contributed by atoms with Gasteiger partial charge >= 0.3 is 17.9 Å². The smallest absolute Gasteiger partial charge is 0.306 e. The fourth-order valence-electron chi connectivity index (χ4n) is 7.57.